The smallest absolute Gasteiger partial charge is 0.230 e. The Morgan fingerprint density at radius 2 is 2.20 bits per heavy atom. The van der Waals surface area contributed by atoms with Crippen molar-refractivity contribution in [3.8, 4) is 5.88 Å². The van der Waals surface area contributed by atoms with E-state index in [-0.39, 0.29) is 5.15 Å². The Bertz CT molecular complexity index is 726. The van der Waals surface area contributed by atoms with Crippen LogP contribution in [0, 0.1) is 0 Å². The molecule has 20 heavy (non-hydrogen) atoms. The van der Waals surface area contributed by atoms with Crippen LogP contribution in [0.5, 0.6) is 5.88 Å². The second kappa shape index (κ2) is 5.30. The van der Waals surface area contributed by atoms with Crippen molar-refractivity contribution in [2.24, 2.45) is 0 Å². The third kappa shape index (κ3) is 2.48. The molecule has 0 atom stereocenters. The Balaban J connectivity index is 1.84. The van der Waals surface area contributed by atoms with Gasteiger partial charge in [0, 0.05) is 6.07 Å². The number of imidazole rings is 1. The molecular formula is C12H11ClN6O. The van der Waals surface area contributed by atoms with Crippen molar-refractivity contribution >= 4 is 34.4 Å². The lowest BCUT2D eigenvalue weighted by molar-refractivity contribution is 0.327. The quantitative estimate of drug-likeness (QED) is 0.718. The summed E-state index contributed by atoms with van der Waals surface area (Å²) in [5, 5.41) is 3.31. The number of rotatable bonds is 4. The van der Waals surface area contributed by atoms with E-state index in [1.54, 1.807) is 12.3 Å². The zero-order valence-electron chi connectivity index (χ0n) is 10.6. The van der Waals surface area contributed by atoms with Crippen molar-refractivity contribution in [1.29, 1.82) is 0 Å². The number of hydrogen-bond donors (Lipinski definition) is 2. The van der Waals surface area contributed by atoms with Gasteiger partial charge in [-0.25, -0.2) is 9.97 Å². The summed E-state index contributed by atoms with van der Waals surface area (Å²) in [5.74, 6) is 0.943. The van der Waals surface area contributed by atoms with Crippen LogP contribution in [-0.4, -0.2) is 31.5 Å². The molecule has 0 spiro atoms. The predicted octanol–water partition coefficient (Wildman–Crippen LogP) is 2.54. The maximum atomic E-state index is 6.03. The molecule has 3 aromatic rings. The van der Waals surface area contributed by atoms with Gasteiger partial charge in [0.2, 0.25) is 11.8 Å². The predicted molar refractivity (Wildman–Crippen MR) is 75.4 cm³/mol. The van der Waals surface area contributed by atoms with E-state index in [0.717, 1.165) is 5.69 Å². The van der Waals surface area contributed by atoms with Gasteiger partial charge in [-0.1, -0.05) is 11.6 Å². The minimum Gasteiger partial charge on any atom is -0.478 e. The lowest BCUT2D eigenvalue weighted by atomic mass is 10.4. The van der Waals surface area contributed by atoms with Gasteiger partial charge in [-0.05, 0) is 13.0 Å². The van der Waals surface area contributed by atoms with E-state index in [1.807, 2.05) is 13.0 Å². The number of aromatic amines is 1. The molecule has 8 heteroatoms. The molecule has 0 fully saturated rings. The van der Waals surface area contributed by atoms with E-state index in [9.17, 15) is 0 Å². The number of anilines is 2. The van der Waals surface area contributed by atoms with Crippen molar-refractivity contribution < 1.29 is 4.74 Å². The number of fused-ring (bicyclic) bond motifs is 1. The van der Waals surface area contributed by atoms with Crippen LogP contribution in [0.25, 0.3) is 11.2 Å². The summed E-state index contributed by atoms with van der Waals surface area (Å²) < 4.78 is 5.27. The molecule has 0 radical (unpaired) electrons. The van der Waals surface area contributed by atoms with Crippen molar-refractivity contribution in [3.05, 3.63) is 29.8 Å². The molecule has 3 rings (SSSR count). The molecule has 0 aliphatic carbocycles. The van der Waals surface area contributed by atoms with Gasteiger partial charge in [0.15, 0.2) is 10.8 Å². The Kier molecular flexibility index (Phi) is 3.34. The minimum absolute atomic E-state index is 0.289. The molecule has 0 saturated carbocycles. The summed E-state index contributed by atoms with van der Waals surface area (Å²) in [7, 11) is 0. The number of pyridine rings is 1. The maximum absolute atomic E-state index is 6.03. The summed E-state index contributed by atoms with van der Waals surface area (Å²) in [6.45, 7) is 2.48. The van der Waals surface area contributed by atoms with E-state index in [2.05, 4.69) is 30.2 Å². The number of H-pyrrole nitrogens is 1. The van der Waals surface area contributed by atoms with E-state index >= 15 is 0 Å². The summed E-state index contributed by atoms with van der Waals surface area (Å²) in [6, 6.07) is 3.59. The molecule has 3 heterocycles. The number of halogens is 1. The van der Waals surface area contributed by atoms with Crippen LogP contribution in [0.2, 0.25) is 5.15 Å². The van der Waals surface area contributed by atoms with Gasteiger partial charge in [-0.15, -0.1) is 0 Å². The van der Waals surface area contributed by atoms with Gasteiger partial charge in [0.1, 0.15) is 5.52 Å². The van der Waals surface area contributed by atoms with Crippen LogP contribution in [0.1, 0.15) is 6.92 Å². The highest BCUT2D eigenvalue weighted by Crippen LogP contribution is 2.21. The zero-order chi connectivity index (χ0) is 13.9. The maximum Gasteiger partial charge on any atom is 0.230 e. The third-order valence-corrected chi connectivity index (χ3v) is 2.78. The Labute approximate surface area is 119 Å². The van der Waals surface area contributed by atoms with Gasteiger partial charge < -0.3 is 15.0 Å². The topological polar surface area (TPSA) is 88.6 Å². The van der Waals surface area contributed by atoms with E-state index in [1.165, 1.54) is 6.33 Å². The summed E-state index contributed by atoms with van der Waals surface area (Å²) in [6.07, 6.45) is 3.16. The molecule has 102 valence electrons. The fourth-order valence-corrected chi connectivity index (χ4v) is 1.89. The van der Waals surface area contributed by atoms with Gasteiger partial charge in [0.05, 0.1) is 24.8 Å². The molecule has 7 nitrogen and oxygen atoms in total. The minimum atomic E-state index is 0.289. The summed E-state index contributed by atoms with van der Waals surface area (Å²) in [5.41, 5.74) is 1.86. The monoisotopic (exact) mass is 290 g/mol. The van der Waals surface area contributed by atoms with Crippen molar-refractivity contribution in [2.45, 2.75) is 6.92 Å². The summed E-state index contributed by atoms with van der Waals surface area (Å²) >= 11 is 6.03. The second-order valence-electron chi connectivity index (χ2n) is 3.88. The lowest BCUT2D eigenvalue weighted by Gasteiger charge is -2.06. The fraction of sp³-hybridized carbons (Fsp3) is 0.167. The van der Waals surface area contributed by atoms with Crippen molar-refractivity contribution in [1.82, 2.24) is 24.9 Å². The van der Waals surface area contributed by atoms with Gasteiger partial charge in [-0.3, -0.25) is 0 Å². The first-order valence-corrected chi connectivity index (χ1v) is 6.36. The largest absolute Gasteiger partial charge is 0.478 e. The van der Waals surface area contributed by atoms with Crippen LogP contribution in [0.3, 0.4) is 0 Å². The molecule has 0 unspecified atom stereocenters. The first-order valence-electron chi connectivity index (χ1n) is 5.98. The van der Waals surface area contributed by atoms with Crippen LogP contribution in [-0.2, 0) is 0 Å². The molecule has 0 saturated heterocycles. The molecule has 0 amide bonds. The van der Waals surface area contributed by atoms with Crippen LogP contribution in [0.15, 0.2) is 24.7 Å². The van der Waals surface area contributed by atoms with Crippen molar-refractivity contribution in [3.63, 3.8) is 0 Å². The number of nitrogens with zero attached hydrogens (tertiary/aromatic N) is 4. The Hall–Kier alpha value is -2.41. The molecule has 0 bridgehead atoms. The average Bonchev–Trinajstić information content (AvgIpc) is 2.90. The molecule has 3 aromatic heterocycles. The number of hydrogen-bond acceptors (Lipinski definition) is 6. The van der Waals surface area contributed by atoms with Crippen molar-refractivity contribution in [2.75, 3.05) is 11.9 Å². The Morgan fingerprint density at radius 3 is 2.95 bits per heavy atom. The Morgan fingerprint density at radius 1 is 1.30 bits per heavy atom. The van der Waals surface area contributed by atoms with E-state index in [4.69, 9.17) is 16.3 Å². The zero-order valence-corrected chi connectivity index (χ0v) is 11.3. The highest BCUT2D eigenvalue weighted by atomic mass is 35.5. The lowest BCUT2D eigenvalue weighted by Crippen LogP contribution is -1.99. The number of ether oxygens (including phenoxy) is 1. The van der Waals surface area contributed by atoms with Crippen LogP contribution >= 0.6 is 11.6 Å². The molecule has 2 N–H and O–H groups in total. The normalized spacial score (nSPS) is 10.7. The molecule has 0 aromatic carbocycles. The average molecular weight is 291 g/mol. The highest BCUT2D eigenvalue weighted by Gasteiger charge is 2.08. The van der Waals surface area contributed by atoms with Gasteiger partial charge >= 0.3 is 0 Å². The van der Waals surface area contributed by atoms with Crippen LogP contribution in [0.4, 0.5) is 11.6 Å². The molecular weight excluding hydrogens is 280 g/mol. The van der Waals surface area contributed by atoms with Gasteiger partial charge in [0.25, 0.3) is 0 Å². The fourth-order valence-electron chi connectivity index (χ4n) is 1.67. The number of aromatic nitrogens is 5. The first kappa shape index (κ1) is 12.6. The molecule has 0 aliphatic rings. The summed E-state index contributed by atoms with van der Waals surface area (Å²) in [4.78, 5) is 19.5. The third-order valence-electron chi connectivity index (χ3n) is 2.52. The van der Waals surface area contributed by atoms with E-state index < -0.39 is 0 Å². The van der Waals surface area contributed by atoms with Crippen LogP contribution < -0.4 is 10.1 Å². The van der Waals surface area contributed by atoms with Gasteiger partial charge in [-0.2, -0.15) is 9.97 Å². The first-order chi connectivity index (χ1) is 9.76. The van der Waals surface area contributed by atoms with E-state index in [0.29, 0.717) is 29.6 Å². The number of nitrogens with one attached hydrogen (secondary N) is 2. The second-order valence-corrected chi connectivity index (χ2v) is 4.24. The highest BCUT2D eigenvalue weighted by molar-refractivity contribution is 6.33. The standard InChI is InChI=1S/C12H11ClN6O/c1-2-20-8-4-3-7(5-14-8)17-12-18-10(13)9-11(19-12)16-6-15-9/h3-6H,2H2,1H3,(H2,15,16,17,18,19). The SMILES string of the molecule is CCOc1ccc(Nc2nc(Cl)c3nc[nH]c3n2)cn1. The molecule has 0 aliphatic heterocycles.